The zero-order valence-corrected chi connectivity index (χ0v) is 17.8. The maximum absolute atomic E-state index is 6.48. The van der Waals surface area contributed by atoms with Gasteiger partial charge in [-0.1, -0.05) is 41.9 Å². The molecule has 1 saturated carbocycles. The number of anilines is 2. The molecule has 3 aromatic rings. The summed E-state index contributed by atoms with van der Waals surface area (Å²) in [6.07, 6.45) is 8.74. The molecular formula is C24H28ClN5. The molecule has 6 heteroatoms. The Morgan fingerprint density at radius 3 is 2.57 bits per heavy atom. The van der Waals surface area contributed by atoms with Gasteiger partial charge in [-0.2, -0.15) is 0 Å². The molecule has 0 aliphatic heterocycles. The first-order chi connectivity index (χ1) is 14.7. The normalized spacial score (nSPS) is 18.7. The van der Waals surface area contributed by atoms with Gasteiger partial charge in [0.1, 0.15) is 11.6 Å². The van der Waals surface area contributed by atoms with Crippen LogP contribution in [0.25, 0.3) is 11.1 Å². The summed E-state index contributed by atoms with van der Waals surface area (Å²) < 4.78 is 0. The lowest BCUT2D eigenvalue weighted by molar-refractivity contribution is 0.410. The molecule has 5 nitrogen and oxygen atoms in total. The number of hydrogen-bond acceptors (Lipinski definition) is 5. The molecule has 0 spiro atoms. The highest BCUT2D eigenvalue weighted by molar-refractivity contribution is 6.33. The third-order valence-corrected chi connectivity index (χ3v) is 5.91. The second-order valence-corrected chi connectivity index (χ2v) is 8.30. The third-order valence-electron chi connectivity index (χ3n) is 5.61. The predicted molar refractivity (Wildman–Crippen MR) is 125 cm³/mol. The van der Waals surface area contributed by atoms with Crippen molar-refractivity contribution in [2.75, 3.05) is 17.2 Å². The van der Waals surface area contributed by atoms with Crippen LogP contribution in [0, 0.1) is 0 Å². The van der Waals surface area contributed by atoms with E-state index < -0.39 is 0 Å². The van der Waals surface area contributed by atoms with Crippen molar-refractivity contribution < 1.29 is 0 Å². The zero-order chi connectivity index (χ0) is 20.8. The molecule has 156 valence electrons. The zero-order valence-electron chi connectivity index (χ0n) is 17.0. The van der Waals surface area contributed by atoms with Crippen LogP contribution in [-0.2, 0) is 6.42 Å². The highest BCUT2D eigenvalue weighted by atomic mass is 35.5. The molecule has 0 atom stereocenters. The Kier molecular flexibility index (Phi) is 6.82. The molecule has 4 rings (SSSR count). The van der Waals surface area contributed by atoms with E-state index in [1.165, 1.54) is 5.56 Å². The number of rotatable bonds is 7. The lowest BCUT2D eigenvalue weighted by Crippen LogP contribution is -2.33. The number of nitrogens with one attached hydrogen (secondary N) is 2. The molecule has 2 heterocycles. The summed E-state index contributed by atoms with van der Waals surface area (Å²) in [7, 11) is 0. The Balaban J connectivity index is 1.43. The number of aromatic nitrogens is 2. The first kappa shape index (κ1) is 20.6. The van der Waals surface area contributed by atoms with E-state index in [2.05, 4.69) is 44.9 Å². The lowest BCUT2D eigenvalue weighted by Gasteiger charge is -2.27. The van der Waals surface area contributed by atoms with Crippen LogP contribution in [0.15, 0.2) is 60.9 Å². The average Bonchev–Trinajstić information content (AvgIpc) is 2.78. The highest BCUT2D eigenvalue weighted by Crippen LogP contribution is 2.31. The minimum atomic E-state index is 0.335. The van der Waals surface area contributed by atoms with Crippen molar-refractivity contribution in [3.63, 3.8) is 0 Å². The van der Waals surface area contributed by atoms with Crippen molar-refractivity contribution in [1.29, 1.82) is 0 Å². The molecule has 1 aromatic carbocycles. The van der Waals surface area contributed by atoms with Crippen molar-refractivity contribution in [2.45, 2.75) is 44.2 Å². The highest BCUT2D eigenvalue weighted by Gasteiger charge is 2.19. The Labute approximate surface area is 183 Å². The van der Waals surface area contributed by atoms with Gasteiger partial charge in [-0.25, -0.2) is 9.97 Å². The fourth-order valence-corrected chi connectivity index (χ4v) is 4.10. The average molecular weight is 422 g/mol. The van der Waals surface area contributed by atoms with Gasteiger partial charge in [-0.05, 0) is 61.4 Å². The molecule has 0 amide bonds. The van der Waals surface area contributed by atoms with Crippen LogP contribution in [-0.4, -0.2) is 28.6 Å². The van der Waals surface area contributed by atoms with Crippen molar-refractivity contribution in [2.24, 2.45) is 5.73 Å². The van der Waals surface area contributed by atoms with Crippen LogP contribution in [0.5, 0.6) is 0 Å². The van der Waals surface area contributed by atoms with E-state index >= 15 is 0 Å². The Morgan fingerprint density at radius 1 is 0.967 bits per heavy atom. The molecule has 4 N–H and O–H groups in total. The van der Waals surface area contributed by atoms with E-state index in [9.17, 15) is 0 Å². The topological polar surface area (TPSA) is 75.9 Å². The summed E-state index contributed by atoms with van der Waals surface area (Å²) in [4.78, 5) is 8.93. The molecule has 0 radical (unpaired) electrons. The van der Waals surface area contributed by atoms with Crippen molar-refractivity contribution in [3.05, 3.63) is 71.5 Å². The predicted octanol–water partition coefficient (Wildman–Crippen LogP) is 5.13. The van der Waals surface area contributed by atoms with Crippen molar-refractivity contribution >= 4 is 23.2 Å². The molecule has 0 unspecified atom stereocenters. The molecular weight excluding hydrogens is 394 g/mol. The van der Waals surface area contributed by atoms with Crippen LogP contribution in [0.2, 0.25) is 5.02 Å². The maximum atomic E-state index is 6.48. The fourth-order valence-electron chi connectivity index (χ4n) is 3.89. The fraction of sp³-hybridized carbons (Fsp3) is 0.333. The first-order valence-corrected chi connectivity index (χ1v) is 11.0. The summed E-state index contributed by atoms with van der Waals surface area (Å²) in [5.41, 5.74) is 9.30. The van der Waals surface area contributed by atoms with Gasteiger partial charge in [0.15, 0.2) is 0 Å². The molecule has 2 aromatic heterocycles. The van der Waals surface area contributed by atoms with Crippen LogP contribution in [0.4, 0.5) is 11.6 Å². The van der Waals surface area contributed by atoms with Gasteiger partial charge in [-0.3, -0.25) is 0 Å². The van der Waals surface area contributed by atoms with Crippen LogP contribution >= 0.6 is 11.6 Å². The monoisotopic (exact) mass is 421 g/mol. The van der Waals surface area contributed by atoms with E-state index in [1.807, 2.05) is 30.5 Å². The Morgan fingerprint density at radius 2 is 1.77 bits per heavy atom. The summed E-state index contributed by atoms with van der Waals surface area (Å²) >= 11 is 6.48. The number of nitrogens with two attached hydrogens (primary N) is 1. The largest absolute Gasteiger partial charge is 0.370 e. The van der Waals surface area contributed by atoms with E-state index in [0.717, 1.165) is 61.4 Å². The summed E-state index contributed by atoms with van der Waals surface area (Å²) in [5.74, 6) is 1.69. The number of pyridine rings is 2. The summed E-state index contributed by atoms with van der Waals surface area (Å²) in [6, 6.07) is 17.2. The van der Waals surface area contributed by atoms with Crippen LogP contribution < -0.4 is 16.4 Å². The van der Waals surface area contributed by atoms with E-state index in [4.69, 9.17) is 17.3 Å². The summed E-state index contributed by atoms with van der Waals surface area (Å²) in [5, 5.41) is 7.59. The lowest BCUT2D eigenvalue weighted by atomic mass is 9.92. The minimum Gasteiger partial charge on any atom is -0.370 e. The SMILES string of the molecule is NC1CCC(Nc2cc(-c3ccnc(NCCc4ccccc4)c3)c(Cl)cn2)CC1. The van der Waals surface area contributed by atoms with E-state index in [-0.39, 0.29) is 0 Å². The molecule has 30 heavy (non-hydrogen) atoms. The van der Waals surface area contributed by atoms with Gasteiger partial charge < -0.3 is 16.4 Å². The second kappa shape index (κ2) is 9.92. The van der Waals surface area contributed by atoms with Gasteiger partial charge in [-0.15, -0.1) is 0 Å². The molecule has 1 fully saturated rings. The van der Waals surface area contributed by atoms with Crippen LogP contribution in [0.1, 0.15) is 31.2 Å². The van der Waals surface area contributed by atoms with Gasteiger partial charge >= 0.3 is 0 Å². The van der Waals surface area contributed by atoms with Gasteiger partial charge in [0.05, 0.1) is 5.02 Å². The smallest absolute Gasteiger partial charge is 0.126 e. The third kappa shape index (κ3) is 5.49. The van der Waals surface area contributed by atoms with Crippen molar-refractivity contribution in [1.82, 2.24) is 9.97 Å². The van der Waals surface area contributed by atoms with Gasteiger partial charge in [0.25, 0.3) is 0 Å². The number of halogens is 1. The van der Waals surface area contributed by atoms with E-state index in [0.29, 0.717) is 17.1 Å². The standard InChI is InChI=1S/C24H28ClN5/c25-22-16-29-24(30-20-8-6-19(26)7-9-20)15-21(22)18-11-13-28-23(14-18)27-12-10-17-4-2-1-3-5-17/h1-5,11,13-16,19-20H,6-10,12,26H2,(H,27,28)(H,29,30). The molecule has 0 bridgehead atoms. The number of hydrogen-bond donors (Lipinski definition) is 3. The molecule has 0 saturated heterocycles. The molecule has 1 aliphatic rings. The van der Waals surface area contributed by atoms with Crippen LogP contribution in [0.3, 0.4) is 0 Å². The number of nitrogens with zero attached hydrogens (tertiary/aromatic N) is 2. The molecule has 1 aliphatic carbocycles. The number of benzene rings is 1. The van der Waals surface area contributed by atoms with Gasteiger partial charge in [0.2, 0.25) is 0 Å². The Bertz CT molecular complexity index is 955. The maximum Gasteiger partial charge on any atom is 0.126 e. The van der Waals surface area contributed by atoms with Crippen molar-refractivity contribution in [3.8, 4) is 11.1 Å². The van der Waals surface area contributed by atoms with Gasteiger partial charge in [0, 0.05) is 36.6 Å². The van der Waals surface area contributed by atoms with E-state index in [1.54, 1.807) is 6.20 Å². The Hall–Kier alpha value is -2.63. The first-order valence-electron chi connectivity index (χ1n) is 10.6. The summed E-state index contributed by atoms with van der Waals surface area (Å²) in [6.45, 7) is 0.821. The minimum absolute atomic E-state index is 0.335. The quantitative estimate of drug-likeness (QED) is 0.492. The second-order valence-electron chi connectivity index (χ2n) is 7.90.